The Morgan fingerprint density at radius 3 is 2.25 bits per heavy atom. The van der Waals surface area contributed by atoms with Crippen molar-refractivity contribution in [3.05, 3.63) is 108 Å². The van der Waals surface area contributed by atoms with Crippen molar-refractivity contribution < 1.29 is 38.1 Å². The van der Waals surface area contributed by atoms with Gasteiger partial charge in [0, 0.05) is 43.2 Å². The molecule has 3 aromatic carbocycles. The van der Waals surface area contributed by atoms with E-state index in [2.05, 4.69) is 10.3 Å². The molecule has 0 saturated carbocycles. The summed E-state index contributed by atoms with van der Waals surface area (Å²) in [6.07, 6.45) is -0.320. The van der Waals surface area contributed by atoms with Gasteiger partial charge in [-0.3, -0.25) is 14.5 Å². The van der Waals surface area contributed by atoms with Gasteiger partial charge in [-0.15, -0.1) is 0 Å². The van der Waals surface area contributed by atoms with Gasteiger partial charge >= 0.3 is 12.2 Å². The smallest absolute Gasteiger partial charge is 0.410 e. The van der Waals surface area contributed by atoms with Gasteiger partial charge in [0.25, 0.3) is 0 Å². The lowest BCUT2D eigenvalue weighted by molar-refractivity contribution is -0.141. The first-order valence-electron chi connectivity index (χ1n) is 17.0. The van der Waals surface area contributed by atoms with E-state index in [0.29, 0.717) is 11.9 Å². The van der Waals surface area contributed by atoms with Gasteiger partial charge in [0.1, 0.15) is 31.1 Å². The van der Waals surface area contributed by atoms with Crippen LogP contribution >= 0.6 is 0 Å². The van der Waals surface area contributed by atoms with E-state index in [0.717, 1.165) is 27.0 Å². The Kier molecular flexibility index (Phi) is 10.6. The number of likely N-dealkylation sites (tertiary alicyclic amines) is 2. The van der Waals surface area contributed by atoms with Crippen molar-refractivity contribution >= 4 is 34.9 Å². The molecule has 2 fully saturated rings. The number of aliphatic hydroxyl groups excluding tert-OH is 1. The number of carbonyl (C=O) groups excluding carboxylic acids is 4. The third-order valence-corrected chi connectivity index (χ3v) is 9.92. The molecular weight excluding hydrogens is 657 g/mol. The van der Waals surface area contributed by atoms with Crippen LogP contribution in [0.5, 0.6) is 0 Å². The average Bonchev–Trinajstić information content (AvgIpc) is 3.86. The van der Waals surface area contributed by atoms with Crippen molar-refractivity contribution in [1.29, 1.82) is 0 Å². The van der Waals surface area contributed by atoms with E-state index in [1.165, 1.54) is 33.0 Å². The number of hydrogen-bond acceptors (Lipinski definition) is 7. The third-order valence-electron chi connectivity index (χ3n) is 9.92. The van der Waals surface area contributed by atoms with Crippen LogP contribution in [0.4, 0.5) is 14.0 Å². The number of nitrogens with one attached hydrogen (secondary N) is 2. The summed E-state index contributed by atoms with van der Waals surface area (Å²) in [5.41, 5.74) is 3.00. The predicted molar refractivity (Wildman–Crippen MR) is 186 cm³/mol. The maximum Gasteiger partial charge on any atom is 0.410 e. The van der Waals surface area contributed by atoms with Crippen molar-refractivity contribution in [2.45, 2.75) is 69.7 Å². The Morgan fingerprint density at radius 1 is 0.961 bits per heavy atom. The summed E-state index contributed by atoms with van der Waals surface area (Å²) < 4.78 is 25.2. The van der Waals surface area contributed by atoms with E-state index in [4.69, 9.17) is 9.47 Å². The molecule has 12 nitrogen and oxygen atoms in total. The topological polar surface area (TPSA) is 145 Å². The molecule has 51 heavy (non-hydrogen) atoms. The normalized spacial score (nSPS) is 20.0. The number of benzene rings is 3. The molecule has 0 spiro atoms. The minimum Gasteiger partial charge on any atom is -0.445 e. The Bertz CT molecular complexity index is 1870. The number of aliphatic hydroxyl groups is 1. The van der Waals surface area contributed by atoms with E-state index in [9.17, 15) is 28.7 Å². The number of H-pyrrole nitrogens is 1. The van der Waals surface area contributed by atoms with Crippen LogP contribution in [0.3, 0.4) is 0 Å². The lowest BCUT2D eigenvalue weighted by atomic mass is 9.91. The molecule has 6 atom stereocenters. The zero-order valence-electron chi connectivity index (χ0n) is 28.7. The van der Waals surface area contributed by atoms with Gasteiger partial charge in [0.15, 0.2) is 0 Å². The summed E-state index contributed by atoms with van der Waals surface area (Å²) >= 11 is 0. The highest BCUT2D eigenvalue weighted by Gasteiger charge is 2.54. The first-order valence-corrected chi connectivity index (χ1v) is 17.0. The fraction of sp³-hybridized carbons (Fsp3) is 0.368. The lowest BCUT2D eigenvalue weighted by Crippen LogP contribution is -2.58. The lowest BCUT2D eigenvalue weighted by Gasteiger charge is -2.33. The summed E-state index contributed by atoms with van der Waals surface area (Å²) in [6.45, 7) is 3.50. The van der Waals surface area contributed by atoms with E-state index < -0.39 is 60.1 Å². The fourth-order valence-electron chi connectivity index (χ4n) is 7.06. The van der Waals surface area contributed by atoms with E-state index in [1.807, 2.05) is 60.7 Å². The summed E-state index contributed by atoms with van der Waals surface area (Å²) in [4.78, 5) is 61.6. The molecule has 3 N–H and O–H groups in total. The second-order valence-corrected chi connectivity index (χ2v) is 13.2. The number of nitrogens with zero attached hydrogens (tertiary/aromatic N) is 3. The van der Waals surface area contributed by atoms with Gasteiger partial charge < -0.3 is 34.7 Å². The molecule has 268 valence electrons. The summed E-state index contributed by atoms with van der Waals surface area (Å²) in [5, 5.41) is 14.2. The molecule has 6 rings (SSSR count). The number of hydrogen-bond donors (Lipinski definition) is 3. The molecule has 13 heteroatoms. The first kappa shape index (κ1) is 35.4. The SMILES string of the molecule is CC(O)C(NC(=O)C(C)N(C)C(=O)OCc1ccccc1)C(=O)N1CCC2C1C(c1c[nH]c3cc(F)ccc13)CN2C(=O)OCc1ccccc1. The van der Waals surface area contributed by atoms with Crippen molar-refractivity contribution in [2.24, 2.45) is 0 Å². The van der Waals surface area contributed by atoms with Gasteiger partial charge in [-0.05, 0) is 55.2 Å². The number of likely N-dealkylation sites (N-methyl/N-ethyl adjacent to an activating group) is 1. The Hall–Kier alpha value is -5.43. The monoisotopic (exact) mass is 699 g/mol. The number of amides is 4. The number of ether oxygens (including phenoxy) is 2. The van der Waals surface area contributed by atoms with E-state index in [1.54, 1.807) is 22.1 Å². The molecule has 1 aromatic heterocycles. The molecule has 0 bridgehead atoms. The molecule has 6 unspecified atom stereocenters. The molecule has 2 aliphatic rings. The number of fused-ring (bicyclic) bond motifs is 2. The molecular formula is C38H42FN5O7. The molecule has 2 aliphatic heterocycles. The number of aromatic nitrogens is 1. The van der Waals surface area contributed by atoms with Gasteiger partial charge in [0.05, 0.1) is 18.2 Å². The summed E-state index contributed by atoms with van der Waals surface area (Å²) in [6, 6.07) is 19.5. The number of rotatable bonds is 10. The fourth-order valence-corrected chi connectivity index (χ4v) is 7.06. The van der Waals surface area contributed by atoms with Crippen LogP contribution in [0.2, 0.25) is 0 Å². The Balaban J connectivity index is 1.20. The van der Waals surface area contributed by atoms with Crippen LogP contribution in [0.15, 0.2) is 85.1 Å². The highest BCUT2D eigenvalue weighted by Crippen LogP contribution is 2.43. The van der Waals surface area contributed by atoms with Gasteiger partial charge in [-0.25, -0.2) is 14.0 Å². The van der Waals surface area contributed by atoms with Crippen LogP contribution in [0, 0.1) is 5.82 Å². The van der Waals surface area contributed by atoms with Crippen molar-refractivity contribution in [1.82, 2.24) is 25.0 Å². The highest BCUT2D eigenvalue weighted by atomic mass is 19.1. The molecule has 0 radical (unpaired) electrons. The number of halogens is 1. The van der Waals surface area contributed by atoms with E-state index in [-0.39, 0.29) is 32.2 Å². The summed E-state index contributed by atoms with van der Waals surface area (Å²) in [7, 11) is 1.42. The maximum atomic E-state index is 14.3. The minimum atomic E-state index is -1.34. The predicted octanol–water partition coefficient (Wildman–Crippen LogP) is 4.54. The van der Waals surface area contributed by atoms with Crippen LogP contribution in [-0.4, -0.2) is 99.2 Å². The highest BCUT2D eigenvalue weighted by molar-refractivity contribution is 5.92. The Labute approximate surface area is 295 Å². The summed E-state index contributed by atoms with van der Waals surface area (Å²) in [5.74, 6) is -1.97. The number of aromatic amines is 1. The van der Waals surface area contributed by atoms with E-state index >= 15 is 0 Å². The van der Waals surface area contributed by atoms with Crippen LogP contribution in [0.1, 0.15) is 42.9 Å². The second-order valence-electron chi connectivity index (χ2n) is 13.2. The first-order chi connectivity index (χ1) is 24.5. The van der Waals surface area contributed by atoms with Crippen molar-refractivity contribution in [3.63, 3.8) is 0 Å². The zero-order valence-corrected chi connectivity index (χ0v) is 28.7. The largest absolute Gasteiger partial charge is 0.445 e. The van der Waals surface area contributed by atoms with Crippen LogP contribution < -0.4 is 5.32 Å². The second kappa shape index (κ2) is 15.2. The maximum absolute atomic E-state index is 14.3. The molecule has 4 aromatic rings. The van der Waals surface area contributed by atoms with Crippen LogP contribution in [-0.2, 0) is 32.3 Å². The van der Waals surface area contributed by atoms with Crippen LogP contribution in [0.25, 0.3) is 10.9 Å². The standard InChI is InChI=1S/C38H42FN5O7/c1-23(42(3)37(48)50-21-25-10-6-4-7-11-25)35(46)41-33(24(2)45)36(47)43-17-16-32-34(43)30(29-19-40-31-18-27(39)14-15-28(29)31)20-44(32)38(49)51-22-26-12-8-5-9-13-26/h4-15,18-19,23-24,30,32-34,40,45H,16-17,20-22H2,1-3H3,(H,41,46). The van der Waals surface area contributed by atoms with Gasteiger partial charge in [0.2, 0.25) is 11.8 Å². The average molecular weight is 700 g/mol. The van der Waals surface area contributed by atoms with Gasteiger partial charge in [-0.2, -0.15) is 0 Å². The molecule has 2 saturated heterocycles. The molecule has 3 heterocycles. The van der Waals surface area contributed by atoms with Crippen molar-refractivity contribution in [3.8, 4) is 0 Å². The van der Waals surface area contributed by atoms with Gasteiger partial charge in [-0.1, -0.05) is 60.7 Å². The molecule has 4 amide bonds. The third kappa shape index (κ3) is 7.53. The van der Waals surface area contributed by atoms with Crippen molar-refractivity contribution in [2.75, 3.05) is 20.1 Å². The Morgan fingerprint density at radius 2 is 1.61 bits per heavy atom. The zero-order chi connectivity index (χ0) is 36.2. The molecule has 0 aliphatic carbocycles. The number of carbonyl (C=O) groups is 4. The minimum absolute atomic E-state index is 0.0218. The quantitative estimate of drug-likeness (QED) is 0.221.